The largest absolute Gasteiger partial charge is 0.497 e. The fourth-order valence-electron chi connectivity index (χ4n) is 2.21. The molecule has 2 aromatic rings. The van der Waals surface area contributed by atoms with E-state index in [4.69, 9.17) is 21.1 Å². The molecule has 0 unspecified atom stereocenters. The molecule has 2 rings (SSSR count). The molecule has 1 atom stereocenters. The number of benzene rings is 2. The second-order valence-electron chi connectivity index (χ2n) is 4.98. The maximum atomic E-state index is 6.14. The molecule has 0 aromatic heterocycles. The lowest BCUT2D eigenvalue weighted by molar-refractivity contribution is 0.0640. The van der Waals surface area contributed by atoms with Gasteiger partial charge in [0, 0.05) is 11.6 Å². The molecule has 0 heterocycles. The molecule has 3 heteroatoms. The molecule has 0 aliphatic heterocycles. The SMILES string of the molecule is COc1cccc([C@@H](C)OCCCc2ccccc2Cl)c1. The Morgan fingerprint density at radius 2 is 1.90 bits per heavy atom. The van der Waals surface area contributed by atoms with E-state index in [1.807, 2.05) is 36.4 Å². The summed E-state index contributed by atoms with van der Waals surface area (Å²) >= 11 is 6.14. The third kappa shape index (κ3) is 4.76. The summed E-state index contributed by atoms with van der Waals surface area (Å²) in [6.45, 7) is 2.77. The summed E-state index contributed by atoms with van der Waals surface area (Å²) in [6.07, 6.45) is 1.95. The summed E-state index contributed by atoms with van der Waals surface area (Å²) in [6, 6.07) is 15.9. The number of methoxy groups -OCH3 is 1. The van der Waals surface area contributed by atoms with Crippen LogP contribution < -0.4 is 4.74 Å². The quantitative estimate of drug-likeness (QED) is 0.666. The van der Waals surface area contributed by atoms with Crippen LogP contribution in [0.25, 0.3) is 0 Å². The monoisotopic (exact) mass is 304 g/mol. The Balaban J connectivity index is 1.79. The van der Waals surface area contributed by atoms with Gasteiger partial charge in [0.15, 0.2) is 0 Å². The van der Waals surface area contributed by atoms with Gasteiger partial charge in [-0.25, -0.2) is 0 Å². The molecule has 112 valence electrons. The molecule has 0 aliphatic carbocycles. The molecule has 2 aromatic carbocycles. The van der Waals surface area contributed by atoms with E-state index in [1.54, 1.807) is 7.11 Å². The van der Waals surface area contributed by atoms with Crippen molar-refractivity contribution in [2.45, 2.75) is 25.9 Å². The Morgan fingerprint density at radius 1 is 1.10 bits per heavy atom. The molecule has 0 amide bonds. The minimum Gasteiger partial charge on any atom is -0.497 e. The number of aryl methyl sites for hydroxylation is 1. The highest BCUT2D eigenvalue weighted by Gasteiger charge is 2.07. The highest BCUT2D eigenvalue weighted by atomic mass is 35.5. The predicted molar refractivity (Wildman–Crippen MR) is 87.1 cm³/mol. The molecule has 0 bridgehead atoms. The zero-order valence-corrected chi connectivity index (χ0v) is 13.3. The van der Waals surface area contributed by atoms with E-state index >= 15 is 0 Å². The minimum atomic E-state index is 0.0614. The maximum Gasteiger partial charge on any atom is 0.119 e. The number of halogens is 1. The summed E-state index contributed by atoms with van der Waals surface area (Å²) in [5, 5.41) is 0.832. The molecule has 0 aliphatic rings. The van der Waals surface area contributed by atoms with Crippen LogP contribution in [0.3, 0.4) is 0 Å². The van der Waals surface area contributed by atoms with E-state index in [-0.39, 0.29) is 6.10 Å². The fourth-order valence-corrected chi connectivity index (χ4v) is 2.44. The van der Waals surface area contributed by atoms with Crippen LogP contribution in [0.1, 0.15) is 30.6 Å². The molecular weight excluding hydrogens is 284 g/mol. The third-order valence-corrected chi connectivity index (χ3v) is 3.85. The maximum absolute atomic E-state index is 6.14. The van der Waals surface area contributed by atoms with Gasteiger partial charge in [-0.3, -0.25) is 0 Å². The van der Waals surface area contributed by atoms with Crippen molar-refractivity contribution in [3.63, 3.8) is 0 Å². The van der Waals surface area contributed by atoms with Crippen LogP contribution in [0, 0.1) is 0 Å². The van der Waals surface area contributed by atoms with Gasteiger partial charge >= 0.3 is 0 Å². The summed E-state index contributed by atoms with van der Waals surface area (Å²) < 4.78 is 11.1. The number of hydrogen-bond donors (Lipinski definition) is 0. The highest BCUT2D eigenvalue weighted by molar-refractivity contribution is 6.31. The summed E-state index contributed by atoms with van der Waals surface area (Å²) in [4.78, 5) is 0. The van der Waals surface area contributed by atoms with Crippen molar-refractivity contribution >= 4 is 11.6 Å². The van der Waals surface area contributed by atoms with Gasteiger partial charge in [-0.05, 0) is 49.1 Å². The lowest BCUT2D eigenvalue weighted by Crippen LogP contribution is -2.03. The zero-order chi connectivity index (χ0) is 15.1. The van der Waals surface area contributed by atoms with E-state index in [1.165, 1.54) is 5.56 Å². The summed E-state index contributed by atoms with van der Waals surface area (Å²) in [7, 11) is 1.67. The average molecular weight is 305 g/mol. The van der Waals surface area contributed by atoms with Crippen molar-refractivity contribution in [3.05, 3.63) is 64.7 Å². The molecular formula is C18H21ClO2. The molecule has 0 radical (unpaired) electrons. The van der Waals surface area contributed by atoms with Gasteiger partial charge in [-0.15, -0.1) is 0 Å². The molecule has 0 fully saturated rings. The minimum absolute atomic E-state index is 0.0614. The van der Waals surface area contributed by atoms with Crippen LogP contribution >= 0.6 is 11.6 Å². The zero-order valence-electron chi connectivity index (χ0n) is 12.5. The average Bonchev–Trinajstić information content (AvgIpc) is 2.53. The first-order chi connectivity index (χ1) is 10.2. The lowest BCUT2D eigenvalue weighted by Gasteiger charge is -2.14. The van der Waals surface area contributed by atoms with Gasteiger partial charge < -0.3 is 9.47 Å². The van der Waals surface area contributed by atoms with Crippen LogP contribution in [0.15, 0.2) is 48.5 Å². The standard InChI is InChI=1S/C18H21ClO2/c1-14(16-8-5-10-17(13-16)20-2)21-12-6-9-15-7-3-4-11-18(15)19/h3-5,7-8,10-11,13-14H,6,9,12H2,1-2H3/t14-/m1/s1. The highest BCUT2D eigenvalue weighted by Crippen LogP contribution is 2.22. The van der Waals surface area contributed by atoms with Crippen molar-refractivity contribution in [1.82, 2.24) is 0 Å². The van der Waals surface area contributed by atoms with Crippen molar-refractivity contribution < 1.29 is 9.47 Å². The van der Waals surface area contributed by atoms with Crippen molar-refractivity contribution in [2.75, 3.05) is 13.7 Å². The van der Waals surface area contributed by atoms with Gasteiger partial charge in [-0.1, -0.05) is 41.9 Å². The molecule has 21 heavy (non-hydrogen) atoms. The summed E-state index contributed by atoms with van der Waals surface area (Å²) in [5.41, 5.74) is 2.31. The van der Waals surface area contributed by atoms with Gasteiger partial charge in [0.05, 0.1) is 13.2 Å². The van der Waals surface area contributed by atoms with Crippen LogP contribution in [-0.2, 0) is 11.2 Å². The van der Waals surface area contributed by atoms with Crippen LogP contribution in [0.4, 0.5) is 0 Å². The van der Waals surface area contributed by atoms with Crippen LogP contribution in [-0.4, -0.2) is 13.7 Å². The van der Waals surface area contributed by atoms with Crippen molar-refractivity contribution in [1.29, 1.82) is 0 Å². The Hall–Kier alpha value is -1.51. The topological polar surface area (TPSA) is 18.5 Å². The van der Waals surface area contributed by atoms with Crippen molar-refractivity contribution in [3.8, 4) is 5.75 Å². The molecule has 0 saturated carbocycles. The molecule has 0 N–H and O–H groups in total. The molecule has 0 saturated heterocycles. The van der Waals surface area contributed by atoms with E-state index in [9.17, 15) is 0 Å². The Kier molecular flexibility index (Phi) is 6.09. The molecule has 2 nitrogen and oxygen atoms in total. The fraction of sp³-hybridized carbons (Fsp3) is 0.333. The second kappa shape index (κ2) is 8.06. The van der Waals surface area contributed by atoms with Crippen molar-refractivity contribution in [2.24, 2.45) is 0 Å². The number of ether oxygens (including phenoxy) is 2. The van der Waals surface area contributed by atoms with Gasteiger partial charge in [0.25, 0.3) is 0 Å². The van der Waals surface area contributed by atoms with E-state index in [0.29, 0.717) is 6.61 Å². The predicted octanol–water partition coefficient (Wildman–Crippen LogP) is 5.06. The second-order valence-corrected chi connectivity index (χ2v) is 5.39. The lowest BCUT2D eigenvalue weighted by atomic mass is 10.1. The smallest absolute Gasteiger partial charge is 0.119 e. The first-order valence-electron chi connectivity index (χ1n) is 7.19. The van der Waals surface area contributed by atoms with E-state index < -0.39 is 0 Å². The van der Waals surface area contributed by atoms with E-state index in [0.717, 1.165) is 29.2 Å². The summed E-state index contributed by atoms with van der Waals surface area (Å²) in [5.74, 6) is 0.860. The number of rotatable bonds is 7. The normalized spacial score (nSPS) is 12.1. The van der Waals surface area contributed by atoms with Crippen LogP contribution in [0.2, 0.25) is 5.02 Å². The first-order valence-corrected chi connectivity index (χ1v) is 7.57. The van der Waals surface area contributed by atoms with Gasteiger partial charge in [-0.2, -0.15) is 0 Å². The van der Waals surface area contributed by atoms with E-state index in [2.05, 4.69) is 19.1 Å². The van der Waals surface area contributed by atoms with Gasteiger partial charge in [0.2, 0.25) is 0 Å². The van der Waals surface area contributed by atoms with Crippen LogP contribution in [0.5, 0.6) is 5.75 Å². The first kappa shape index (κ1) is 15.9. The molecule has 0 spiro atoms. The number of hydrogen-bond acceptors (Lipinski definition) is 2. The Bertz CT molecular complexity index is 569. The Labute approximate surface area is 131 Å². The van der Waals surface area contributed by atoms with Gasteiger partial charge in [0.1, 0.15) is 5.75 Å². The third-order valence-electron chi connectivity index (χ3n) is 3.48. The Morgan fingerprint density at radius 3 is 2.67 bits per heavy atom.